The molecule has 2 atom stereocenters. The fourth-order valence-electron chi connectivity index (χ4n) is 3.52. The van der Waals surface area contributed by atoms with Crippen LogP contribution < -0.4 is 9.62 Å². The fraction of sp³-hybridized carbons (Fsp3) is 0.462. The Bertz CT molecular complexity index is 1110. The lowest BCUT2D eigenvalue weighted by Crippen LogP contribution is -2.52. The van der Waals surface area contributed by atoms with Gasteiger partial charge in [0.2, 0.25) is 21.8 Å². The first-order chi connectivity index (χ1) is 15.8. The maximum Gasteiger partial charge on any atom is 0.244 e. The van der Waals surface area contributed by atoms with Crippen LogP contribution >= 0.6 is 0 Å². The molecule has 8 heteroatoms. The maximum atomic E-state index is 13.6. The quantitative estimate of drug-likeness (QED) is 0.554. The van der Waals surface area contributed by atoms with Crippen LogP contribution in [0.2, 0.25) is 0 Å². The average Bonchev–Trinajstić information content (AvgIpc) is 2.77. The molecule has 186 valence electrons. The van der Waals surface area contributed by atoms with Crippen molar-refractivity contribution in [3.8, 4) is 0 Å². The number of nitrogens with one attached hydrogen (secondary N) is 1. The first-order valence-electron chi connectivity index (χ1n) is 11.5. The molecule has 2 amide bonds. The van der Waals surface area contributed by atoms with E-state index in [1.807, 2.05) is 71.0 Å². The Morgan fingerprint density at radius 1 is 0.971 bits per heavy atom. The summed E-state index contributed by atoms with van der Waals surface area (Å²) < 4.78 is 26.6. The average molecular weight is 488 g/mol. The van der Waals surface area contributed by atoms with Crippen molar-refractivity contribution >= 4 is 27.5 Å². The molecule has 0 heterocycles. The molecule has 0 saturated heterocycles. The van der Waals surface area contributed by atoms with Crippen LogP contribution in [0.25, 0.3) is 0 Å². The molecule has 2 rings (SSSR count). The van der Waals surface area contributed by atoms with Crippen LogP contribution in [0.3, 0.4) is 0 Å². The maximum absolute atomic E-state index is 13.6. The number of carbonyl (C=O) groups excluding carboxylic acids is 2. The van der Waals surface area contributed by atoms with Gasteiger partial charge < -0.3 is 10.2 Å². The number of hydrogen-bond acceptors (Lipinski definition) is 4. The number of carbonyl (C=O) groups is 2. The largest absolute Gasteiger partial charge is 0.352 e. The van der Waals surface area contributed by atoms with Gasteiger partial charge in [0.05, 0.1) is 11.9 Å². The van der Waals surface area contributed by atoms with E-state index in [1.165, 1.54) is 4.90 Å². The van der Waals surface area contributed by atoms with Crippen LogP contribution in [0.4, 0.5) is 5.69 Å². The molecule has 0 bridgehead atoms. The molecule has 1 N–H and O–H groups in total. The normalized spacial score (nSPS) is 13.1. The molecular weight excluding hydrogens is 450 g/mol. The standard InChI is InChI=1S/C26H37N3O4S/c1-8-21(5)27-26(31)22(6)28(16-23-13-10-18(2)11-14-23)25(30)17-29(34(7,32)33)24-15-19(3)9-12-20(24)4/h9-15,21-22H,8,16-17H2,1-7H3,(H,27,31)/t21-,22-/m1/s1. The monoisotopic (exact) mass is 487 g/mol. The van der Waals surface area contributed by atoms with E-state index in [2.05, 4.69) is 5.32 Å². The van der Waals surface area contributed by atoms with Crippen LogP contribution in [-0.2, 0) is 26.2 Å². The van der Waals surface area contributed by atoms with Crippen molar-refractivity contribution in [3.63, 3.8) is 0 Å². The molecule has 0 saturated carbocycles. The third-order valence-corrected chi connectivity index (χ3v) is 7.08. The first-order valence-corrected chi connectivity index (χ1v) is 13.4. The topological polar surface area (TPSA) is 86.8 Å². The highest BCUT2D eigenvalue weighted by molar-refractivity contribution is 7.92. The van der Waals surface area contributed by atoms with E-state index in [4.69, 9.17) is 0 Å². The Morgan fingerprint density at radius 3 is 2.12 bits per heavy atom. The first kappa shape index (κ1) is 27.4. The van der Waals surface area contributed by atoms with Gasteiger partial charge in [0.25, 0.3) is 0 Å². The van der Waals surface area contributed by atoms with Crippen LogP contribution in [-0.4, -0.2) is 50.0 Å². The van der Waals surface area contributed by atoms with Crippen LogP contribution in [0.1, 0.15) is 49.4 Å². The number of nitrogens with zero attached hydrogens (tertiary/aromatic N) is 2. The SMILES string of the molecule is CC[C@@H](C)NC(=O)[C@@H](C)N(Cc1ccc(C)cc1)C(=O)CN(c1cc(C)ccc1C)S(C)(=O)=O. The van der Waals surface area contributed by atoms with E-state index >= 15 is 0 Å². The minimum absolute atomic E-state index is 0.0336. The van der Waals surface area contributed by atoms with E-state index in [-0.39, 0.29) is 18.5 Å². The van der Waals surface area contributed by atoms with Gasteiger partial charge in [-0.25, -0.2) is 8.42 Å². The van der Waals surface area contributed by atoms with Crippen LogP contribution in [0, 0.1) is 20.8 Å². The van der Waals surface area contributed by atoms with Gasteiger partial charge in [0.1, 0.15) is 12.6 Å². The third kappa shape index (κ3) is 7.32. The molecule has 2 aromatic rings. The van der Waals surface area contributed by atoms with Crippen molar-refractivity contribution in [2.24, 2.45) is 0 Å². The summed E-state index contributed by atoms with van der Waals surface area (Å²) in [6, 6.07) is 12.4. The van der Waals surface area contributed by atoms with Crippen LogP contribution in [0.5, 0.6) is 0 Å². The Balaban J connectivity index is 2.42. The Morgan fingerprint density at radius 2 is 1.56 bits per heavy atom. The second-order valence-electron chi connectivity index (χ2n) is 9.06. The van der Waals surface area contributed by atoms with Crippen molar-refractivity contribution in [1.82, 2.24) is 10.2 Å². The molecule has 0 aliphatic carbocycles. The molecule has 7 nitrogen and oxygen atoms in total. The highest BCUT2D eigenvalue weighted by atomic mass is 32.2. The number of rotatable bonds is 10. The minimum atomic E-state index is -3.75. The smallest absolute Gasteiger partial charge is 0.244 e. The summed E-state index contributed by atoms with van der Waals surface area (Å²) >= 11 is 0. The second kappa shape index (κ2) is 11.5. The molecule has 34 heavy (non-hydrogen) atoms. The zero-order valence-corrected chi connectivity index (χ0v) is 22.1. The second-order valence-corrected chi connectivity index (χ2v) is 11.0. The van der Waals surface area contributed by atoms with Gasteiger partial charge in [0, 0.05) is 12.6 Å². The molecule has 0 spiro atoms. The Kier molecular flexibility index (Phi) is 9.27. The molecule has 0 fully saturated rings. The number of anilines is 1. The predicted molar refractivity (Wildman–Crippen MR) is 137 cm³/mol. The number of hydrogen-bond donors (Lipinski definition) is 1. The van der Waals surface area contributed by atoms with Gasteiger partial charge in [-0.2, -0.15) is 0 Å². The van der Waals surface area contributed by atoms with Crippen molar-refractivity contribution in [2.75, 3.05) is 17.1 Å². The predicted octanol–water partition coefficient (Wildman–Crippen LogP) is 3.71. The summed E-state index contributed by atoms with van der Waals surface area (Å²) in [4.78, 5) is 27.9. The summed E-state index contributed by atoms with van der Waals surface area (Å²) in [5.74, 6) is -0.717. The van der Waals surface area contributed by atoms with Crippen molar-refractivity contribution in [3.05, 3.63) is 64.7 Å². The summed E-state index contributed by atoms with van der Waals surface area (Å²) in [5, 5.41) is 2.93. The van der Waals surface area contributed by atoms with Gasteiger partial charge in [-0.05, 0) is 63.8 Å². The summed E-state index contributed by atoms with van der Waals surface area (Å²) in [7, 11) is -3.75. The Hall–Kier alpha value is -2.87. The van der Waals surface area contributed by atoms with Gasteiger partial charge in [0.15, 0.2) is 0 Å². The number of benzene rings is 2. The molecular formula is C26H37N3O4S. The van der Waals surface area contributed by atoms with Gasteiger partial charge in [-0.1, -0.05) is 48.9 Å². The van der Waals surface area contributed by atoms with Crippen molar-refractivity contribution < 1.29 is 18.0 Å². The fourth-order valence-corrected chi connectivity index (χ4v) is 4.42. The van der Waals surface area contributed by atoms with E-state index in [9.17, 15) is 18.0 Å². The summed E-state index contributed by atoms with van der Waals surface area (Å²) in [6.07, 6.45) is 1.85. The van der Waals surface area contributed by atoms with E-state index in [0.29, 0.717) is 5.69 Å². The van der Waals surface area contributed by atoms with E-state index < -0.39 is 28.5 Å². The Labute approximate surface area is 204 Å². The molecule has 0 aliphatic heterocycles. The van der Waals surface area contributed by atoms with Crippen molar-refractivity contribution in [2.45, 2.75) is 66.6 Å². The molecule has 0 aromatic heterocycles. The number of sulfonamides is 1. The van der Waals surface area contributed by atoms with Gasteiger partial charge >= 0.3 is 0 Å². The van der Waals surface area contributed by atoms with E-state index in [1.54, 1.807) is 13.0 Å². The van der Waals surface area contributed by atoms with E-state index in [0.717, 1.165) is 39.2 Å². The zero-order chi connectivity index (χ0) is 25.6. The molecule has 2 aromatic carbocycles. The highest BCUT2D eigenvalue weighted by Gasteiger charge is 2.31. The number of amides is 2. The van der Waals surface area contributed by atoms with Crippen LogP contribution in [0.15, 0.2) is 42.5 Å². The molecule has 0 unspecified atom stereocenters. The van der Waals surface area contributed by atoms with Gasteiger partial charge in [-0.15, -0.1) is 0 Å². The lowest BCUT2D eigenvalue weighted by Gasteiger charge is -2.32. The molecule has 0 aliphatic rings. The summed E-state index contributed by atoms with van der Waals surface area (Å²) in [6.45, 7) is 11.0. The minimum Gasteiger partial charge on any atom is -0.352 e. The lowest BCUT2D eigenvalue weighted by molar-refractivity contribution is -0.139. The third-order valence-electron chi connectivity index (χ3n) is 5.95. The number of aryl methyl sites for hydroxylation is 3. The molecule has 0 radical (unpaired) electrons. The van der Waals surface area contributed by atoms with Crippen molar-refractivity contribution in [1.29, 1.82) is 0 Å². The van der Waals surface area contributed by atoms with Gasteiger partial charge in [-0.3, -0.25) is 13.9 Å². The highest BCUT2D eigenvalue weighted by Crippen LogP contribution is 2.24. The lowest BCUT2D eigenvalue weighted by atomic mass is 10.1. The summed E-state index contributed by atoms with van der Waals surface area (Å²) in [5.41, 5.74) is 4.04. The zero-order valence-electron chi connectivity index (χ0n) is 21.3.